The van der Waals surface area contributed by atoms with E-state index < -0.39 is 6.04 Å². The molecule has 3 aromatic rings. The molecule has 7 heteroatoms. The van der Waals surface area contributed by atoms with E-state index in [1.807, 2.05) is 55.1 Å². The van der Waals surface area contributed by atoms with Gasteiger partial charge in [0.15, 0.2) is 0 Å². The van der Waals surface area contributed by atoms with E-state index in [1.165, 1.54) is 6.07 Å². The van der Waals surface area contributed by atoms with Crippen molar-refractivity contribution in [3.05, 3.63) is 84.2 Å². The Morgan fingerprint density at radius 2 is 1.74 bits per heavy atom. The van der Waals surface area contributed by atoms with Gasteiger partial charge >= 0.3 is 0 Å². The Balaban J connectivity index is 1.56. The quantitative estimate of drug-likeness (QED) is 0.502. The number of methoxy groups -OCH3 is 1. The van der Waals surface area contributed by atoms with Gasteiger partial charge in [0.1, 0.15) is 17.6 Å². The lowest BCUT2D eigenvalue weighted by Gasteiger charge is -2.37. The summed E-state index contributed by atoms with van der Waals surface area (Å²) in [5, 5.41) is 6.13. The molecule has 1 heterocycles. The van der Waals surface area contributed by atoms with Crippen molar-refractivity contribution in [3.8, 4) is 5.75 Å². The fourth-order valence-corrected chi connectivity index (χ4v) is 4.26. The number of nitrogens with one attached hydrogen (secondary N) is 2. The maximum absolute atomic E-state index is 15.1. The number of amides is 1. The van der Waals surface area contributed by atoms with E-state index in [0.717, 1.165) is 5.56 Å². The maximum Gasteiger partial charge on any atom is 0.251 e. The number of nitrogens with zero attached hydrogens (tertiary/aromatic N) is 1. The zero-order valence-corrected chi connectivity index (χ0v) is 19.6. The minimum Gasteiger partial charge on any atom is -0.497 e. The first kappa shape index (κ1) is 23.6. The van der Waals surface area contributed by atoms with Crippen molar-refractivity contribution in [2.75, 3.05) is 35.7 Å². The third-order valence-corrected chi connectivity index (χ3v) is 5.75. The predicted octanol–water partition coefficient (Wildman–Crippen LogP) is 5.24. The Labute approximate surface area is 199 Å². The third-order valence-electron chi connectivity index (χ3n) is 5.75. The molecule has 1 fully saturated rings. The number of carbonyl (C=O) groups is 1. The average molecular weight is 464 g/mol. The molecule has 3 aromatic carbocycles. The minimum absolute atomic E-state index is 0.0312. The van der Waals surface area contributed by atoms with Crippen LogP contribution in [0.2, 0.25) is 0 Å². The van der Waals surface area contributed by atoms with E-state index in [1.54, 1.807) is 37.4 Å². The van der Waals surface area contributed by atoms with Crippen LogP contribution in [0.25, 0.3) is 0 Å². The molecule has 0 radical (unpaired) electrons. The van der Waals surface area contributed by atoms with Crippen molar-refractivity contribution >= 4 is 23.0 Å². The van der Waals surface area contributed by atoms with Crippen molar-refractivity contribution < 1.29 is 18.7 Å². The standard InChI is InChI=1S/C27H30FN3O3/c1-18-16-31(17-19(2)34-18)25-13-12-22(15-24(25)28)29-26(20-8-5-4-6-9-20)27(32)30-21-10-7-11-23(14-21)33-3/h4-15,18-19,26,29H,16-17H2,1-3H3,(H,30,32). The molecule has 1 saturated heterocycles. The SMILES string of the molecule is COc1cccc(NC(=O)C(Nc2ccc(N3CC(C)OC(C)C3)c(F)c2)c2ccccc2)c1. The van der Waals surface area contributed by atoms with Gasteiger partial charge in [0.05, 0.1) is 25.0 Å². The minimum atomic E-state index is -0.721. The van der Waals surface area contributed by atoms with Gasteiger partial charge in [-0.2, -0.15) is 0 Å². The number of hydrogen-bond donors (Lipinski definition) is 2. The summed E-state index contributed by atoms with van der Waals surface area (Å²) < 4.78 is 26.1. The number of rotatable bonds is 7. The van der Waals surface area contributed by atoms with E-state index in [2.05, 4.69) is 10.6 Å². The van der Waals surface area contributed by atoms with Gasteiger partial charge in [-0.15, -0.1) is 0 Å². The summed E-state index contributed by atoms with van der Waals surface area (Å²) in [6, 6.07) is 20.8. The monoisotopic (exact) mass is 463 g/mol. The fraction of sp³-hybridized carbons (Fsp3) is 0.296. The summed E-state index contributed by atoms with van der Waals surface area (Å²) in [6.45, 7) is 5.23. The number of morpholine rings is 1. The number of anilines is 3. The number of hydrogen-bond acceptors (Lipinski definition) is 5. The van der Waals surface area contributed by atoms with Crippen LogP contribution in [0.15, 0.2) is 72.8 Å². The highest BCUT2D eigenvalue weighted by Gasteiger charge is 2.25. The molecule has 4 rings (SSSR count). The Morgan fingerprint density at radius 1 is 1.00 bits per heavy atom. The molecule has 178 valence electrons. The molecule has 2 N–H and O–H groups in total. The van der Waals surface area contributed by atoms with Gasteiger partial charge in [-0.1, -0.05) is 36.4 Å². The van der Waals surface area contributed by atoms with Gasteiger partial charge in [-0.05, 0) is 49.7 Å². The van der Waals surface area contributed by atoms with E-state index in [9.17, 15) is 4.79 Å². The molecule has 1 amide bonds. The van der Waals surface area contributed by atoms with Gasteiger partial charge in [0, 0.05) is 30.5 Å². The largest absolute Gasteiger partial charge is 0.497 e. The second-order valence-electron chi connectivity index (χ2n) is 8.54. The van der Waals surface area contributed by atoms with Crippen LogP contribution in [0, 0.1) is 5.82 Å². The topological polar surface area (TPSA) is 62.8 Å². The van der Waals surface area contributed by atoms with Gasteiger partial charge in [-0.3, -0.25) is 4.79 Å². The highest BCUT2D eigenvalue weighted by atomic mass is 19.1. The lowest BCUT2D eigenvalue weighted by Crippen LogP contribution is -2.45. The highest BCUT2D eigenvalue weighted by molar-refractivity contribution is 5.97. The number of benzene rings is 3. The normalized spacial score (nSPS) is 18.8. The van der Waals surface area contributed by atoms with Gasteiger partial charge in [0.25, 0.3) is 5.91 Å². The van der Waals surface area contributed by atoms with Crippen LogP contribution < -0.4 is 20.3 Å². The van der Waals surface area contributed by atoms with E-state index >= 15 is 4.39 Å². The Kier molecular flexibility index (Phi) is 7.33. The first-order chi connectivity index (χ1) is 16.4. The van der Waals surface area contributed by atoms with Crippen molar-refractivity contribution in [2.45, 2.75) is 32.1 Å². The zero-order chi connectivity index (χ0) is 24.1. The van der Waals surface area contributed by atoms with E-state index in [0.29, 0.717) is 35.9 Å². The summed E-state index contributed by atoms with van der Waals surface area (Å²) in [7, 11) is 1.58. The Hall–Kier alpha value is -3.58. The molecule has 34 heavy (non-hydrogen) atoms. The first-order valence-corrected chi connectivity index (χ1v) is 11.4. The molecule has 0 aromatic heterocycles. The first-order valence-electron chi connectivity index (χ1n) is 11.4. The molecular weight excluding hydrogens is 433 g/mol. The lowest BCUT2D eigenvalue weighted by atomic mass is 10.1. The van der Waals surface area contributed by atoms with Crippen LogP contribution in [0.5, 0.6) is 5.75 Å². The zero-order valence-electron chi connectivity index (χ0n) is 19.6. The van der Waals surface area contributed by atoms with Gasteiger partial charge in [-0.25, -0.2) is 4.39 Å². The van der Waals surface area contributed by atoms with Crippen molar-refractivity contribution in [2.24, 2.45) is 0 Å². The van der Waals surface area contributed by atoms with Crippen molar-refractivity contribution in [1.29, 1.82) is 0 Å². The molecule has 6 nitrogen and oxygen atoms in total. The Bertz CT molecular complexity index is 1120. The maximum atomic E-state index is 15.1. The highest BCUT2D eigenvalue weighted by Crippen LogP contribution is 2.29. The van der Waals surface area contributed by atoms with Crippen LogP contribution in [0.4, 0.5) is 21.5 Å². The molecule has 1 aliphatic heterocycles. The van der Waals surface area contributed by atoms with Gasteiger partial charge < -0.3 is 25.0 Å². The lowest BCUT2D eigenvalue weighted by molar-refractivity contribution is -0.117. The molecule has 0 bridgehead atoms. The van der Waals surface area contributed by atoms with Crippen LogP contribution in [-0.2, 0) is 9.53 Å². The van der Waals surface area contributed by atoms with Crippen LogP contribution >= 0.6 is 0 Å². The summed E-state index contributed by atoms with van der Waals surface area (Å²) >= 11 is 0. The Morgan fingerprint density at radius 3 is 2.41 bits per heavy atom. The third kappa shape index (κ3) is 5.66. The van der Waals surface area contributed by atoms with Crippen LogP contribution in [0.3, 0.4) is 0 Å². The smallest absolute Gasteiger partial charge is 0.251 e. The number of ether oxygens (including phenoxy) is 2. The average Bonchev–Trinajstić information content (AvgIpc) is 2.82. The predicted molar refractivity (Wildman–Crippen MR) is 133 cm³/mol. The molecule has 3 unspecified atom stereocenters. The van der Waals surface area contributed by atoms with Crippen LogP contribution in [-0.4, -0.2) is 38.3 Å². The van der Waals surface area contributed by atoms with Gasteiger partial charge in [0.2, 0.25) is 0 Å². The van der Waals surface area contributed by atoms with Crippen molar-refractivity contribution in [1.82, 2.24) is 0 Å². The van der Waals surface area contributed by atoms with E-state index in [4.69, 9.17) is 9.47 Å². The molecule has 0 aliphatic carbocycles. The molecule has 1 aliphatic rings. The molecule has 3 atom stereocenters. The van der Waals surface area contributed by atoms with Crippen LogP contribution in [0.1, 0.15) is 25.5 Å². The summed E-state index contributed by atoms with van der Waals surface area (Å²) in [5.41, 5.74) is 2.43. The molecule has 0 spiro atoms. The summed E-state index contributed by atoms with van der Waals surface area (Å²) in [4.78, 5) is 15.3. The molecule has 0 saturated carbocycles. The van der Waals surface area contributed by atoms with E-state index in [-0.39, 0.29) is 23.9 Å². The number of halogens is 1. The number of carbonyl (C=O) groups excluding carboxylic acids is 1. The molecular formula is C27H30FN3O3. The summed E-state index contributed by atoms with van der Waals surface area (Å²) in [5.74, 6) is 0.0394. The second-order valence-corrected chi connectivity index (χ2v) is 8.54. The second kappa shape index (κ2) is 10.6. The van der Waals surface area contributed by atoms with Crippen molar-refractivity contribution in [3.63, 3.8) is 0 Å². The summed E-state index contributed by atoms with van der Waals surface area (Å²) in [6.07, 6.45) is 0.0624. The fourth-order valence-electron chi connectivity index (χ4n) is 4.26.